The molecular formula is C15H21ClN2O3S. The van der Waals surface area contributed by atoms with Crippen molar-refractivity contribution >= 4 is 28.2 Å². The maximum Gasteiger partial charge on any atom is 0.254 e. The van der Waals surface area contributed by atoms with Crippen LogP contribution >= 0.6 is 12.4 Å². The molecule has 122 valence electrons. The van der Waals surface area contributed by atoms with E-state index in [0.717, 1.165) is 18.7 Å². The zero-order valence-electron chi connectivity index (χ0n) is 12.5. The number of benzene rings is 1. The van der Waals surface area contributed by atoms with Gasteiger partial charge in [-0.3, -0.25) is 4.79 Å². The van der Waals surface area contributed by atoms with E-state index in [-0.39, 0.29) is 35.9 Å². The maximum absolute atomic E-state index is 12.7. The average Bonchev–Trinajstić information content (AvgIpc) is 3.05. The summed E-state index contributed by atoms with van der Waals surface area (Å²) >= 11 is 0. The second kappa shape index (κ2) is 6.56. The standard InChI is InChI=1S/C15H20N2O3S.ClH/c1-2-17(14-5-6-21(19,20)10-14)15(18)11-3-4-12-8-16-9-13(12)7-11;/h3-4,7,14,16H,2,5-6,8-10H2,1H3;1H. The van der Waals surface area contributed by atoms with E-state index in [1.165, 1.54) is 5.56 Å². The molecule has 1 aromatic carbocycles. The molecule has 1 atom stereocenters. The molecule has 0 bridgehead atoms. The van der Waals surface area contributed by atoms with Crippen LogP contribution in [0, 0.1) is 0 Å². The summed E-state index contributed by atoms with van der Waals surface area (Å²) in [4.78, 5) is 14.4. The van der Waals surface area contributed by atoms with Crippen molar-refractivity contribution in [1.82, 2.24) is 10.2 Å². The molecule has 0 aliphatic carbocycles. The van der Waals surface area contributed by atoms with Crippen LogP contribution in [-0.4, -0.2) is 43.3 Å². The summed E-state index contributed by atoms with van der Waals surface area (Å²) in [6, 6.07) is 5.59. The number of nitrogens with one attached hydrogen (secondary N) is 1. The van der Waals surface area contributed by atoms with Crippen molar-refractivity contribution in [3.8, 4) is 0 Å². The molecule has 1 N–H and O–H groups in total. The SMILES string of the molecule is CCN(C(=O)c1ccc2c(c1)CNC2)C1CCS(=O)(=O)C1.Cl. The molecule has 0 spiro atoms. The van der Waals surface area contributed by atoms with Gasteiger partial charge in [0.15, 0.2) is 9.84 Å². The highest BCUT2D eigenvalue weighted by Crippen LogP contribution is 2.22. The van der Waals surface area contributed by atoms with Crippen LogP contribution in [0.15, 0.2) is 18.2 Å². The molecular weight excluding hydrogens is 324 g/mol. The molecule has 1 amide bonds. The van der Waals surface area contributed by atoms with Crippen LogP contribution in [0.2, 0.25) is 0 Å². The van der Waals surface area contributed by atoms with Crippen LogP contribution in [0.5, 0.6) is 0 Å². The lowest BCUT2D eigenvalue weighted by molar-refractivity contribution is 0.0708. The van der Waals surface area contributed by atoms with Crippen molar-refractivity contribution in [3.05, 3.63) is 34.9 Å². The minimum atomic E-state index is -2.98. The molecule has 2 aliphatic heterocycles. The van der Waals surface area contributed by atoms with Gasteiger partial charge in [-0.15, -0.1) is 12.4 Å². The second-order valence-electron chi connectivity index (χ2n) is 5.74. The lowest BCUT2D eigenvalue weighted by Gasteiger charge is -2.27. The van der Waals surface area contributed by atoms with Crippen LogP contribution in [0.4, 0.5) is 0 Å². The van der Waals surface area contributed by atoms with E-state index < -0.39 is 9.84 Å². The third kappa shape index (κ3) is 3.29. The van der Waals surface area contributed by atoms with Crippen LogP contribution in [0.3, 0.4) is 0 Å². The van der Waals surface area contributed by atoms with Gasteiger partial charge in [0, 0.05) is 31.2 Å². The molecule has 1 saturated heterocycles. The monoisotopic (exact) mass is 344 g/mol. The lowest BCUT2D eigenvalue weighted by Crippen LogP contribution is -2.41. The number of rotatable bonds is 3. The van der Waals surface area contributed by atoms with Crippen LogP contribution in [0.25, 0.3) is 0 Å². The van der Waals surface area contributed by atoms with Crippen LogP contribution in [0.1, 0.15) is 34.8 Å². The first-order chi connectivity index (χ1) is 10.00. The number of amides is 1. The fourth-order valence-electron chi connectivity index (χ4n) is 3.18. The Morgan fingerprint density at radius 3 is 2.68 bits per heavy atom. The predicted octanol–water partition coefficient (Wildman–Crippen LogP) is 1.36. The molecule has 1 unspecified atom stereocenters. The van der Waals surface area contributed by atoms with E-state index in [4.69, 9.17) is 0 Å². The Labute approximate surface area is 137 Å². The third-order valence-electron chi connectivity index (χ3n) is 4.33. The van der Waals surface area contributed by atoms with Crippen LogP contribution < -0.4 is 5.32 Å². The quantitative estimate of drug-likeness (QED) is 0.899. The Balaban J connectivity index is 0.00000176. The van der Waals surface area contributed by atoms with E-state index >= 15 is 0 Å². The van der Waals surface area contributed by atoms with E-state index in [1.54, 1.807) is 4.90 Å². The van der Waals surface area contributed by atoms with Crippen molar-refractivity contribution < 1.29 is 13.2 Å². The zero-order valence-corrected chi connectivity index (χ0v) is 14.2. The smallest absolute Gasteiger partial charge is 0.254 e. The highest BCUT2D eigenvalue weighted by Gasteiger charge is 2.34. The molecule has 22 heavy (non-hydrogen) atoms. The van der Waals surface area contributed by atoms with Crippen molar-refractivity contribution in [2.75, 3.05) is 18.1 Å². The molecule has 7 heteroatoms. The number of hydrogen-bond donors (Lipinski definition) is 1. The minimum Gasteiger partial charge on any atom is -0.335 e. The third-order valence-corrected chi connectivity index (χ3v) is 6.09. The Morgan fingerprint density at radius 1 is 1.32 bits per heavy atom. The van der Waals surface area contributed by atoms with Gasteiger partial charge in [0.1, 0.15) is 0 Å². The highest BCUT2D eigenvalue weighted by atomic mass is 35.5. The Hall–Kier alpha value is -1.11. The van der Waals surface area contributed by atoms with Gasteiger partial charge < -0.3 is 10.2 Å². The molecule has 2 heterocycles. The first-order valence-corrected chi connectivity index (χ1v) is 9.16. The second-order valence-corrected chi connectivity index (χ2v) is 7.96. The van der Waals surface area contributed by atoms with Crippen molar-refractivity contribution in [3.63, 3.8) is 0 Å². The fourth-order valence-corrected chi connectivity index (χ4v) is 4.91. The summed E-state index contributed by atoms with van der Waals surface area (Å²) in [6.07, 6.45) is 0.550. The first-order valence-electron chi connectivity index (χ1n) is 7.34. The molecule has 3 rings (SSSR count). The summed E-state index contributed by atoms with van der Waals surface area (Å²) in [5.41, 5.74) is 3.05. The summed E-state index contributed by atoms with van der Waals surface area (Å²) < 4.78 is 23.3. The molecule has 0 radical (unpaired) electrons. The maximum atomic E-state index is 12.7. The average molecular weight is 345 g/mol. The van der Waals surface area contributed by atoms with Gasteiger partial charge in [-0.25, -0.2) is 8.42 Å². The highest BCUT2D eigenvalue weighted by molar-refractivity contribution is 7.91. The number of nitrogens with zero attached hydrogens (tertiary/aromatic N) is 1. The number of fused-ring (bicyclic) bond motifs is 1. The number of halogens is 1. The van der Waals surface area contributed by atoms with Gasteiger partial charge in [0.2, 0.25) is 0 Å². The van der Waals surface area contributed by atoms with Gasteiger partial charge in [-0.05, 0) is 36.6 Å². The number of sulfone groups is 1. The van der Waals surface area contributed by atoms with Crippen molar-refractivity contribution in [2.45, 2.75) is 32.5 Å². The van der Waals surface area contributed by atoms with Crippen molar-refractivity contribution in [1.29, 1.82) is 0 Å². The molecule has 2 aliphatic rings. The van der Waals surface area contributed by atoms with Crippen LogP contribution in [-0.2, 0) is 22.9 Å². The summed E-state index contributed by atoms with van der Waals surface area (Å²) in [5, 5.41) is 3.26. The topological polar surface area (TPSA) is 66.5 Å². The predicted molar refractivity (Wildman–Crippen MR) is 88.0 cm³/mol. The summed E-state index contributed by atoms with van der Waals surface area (Å²) in [7, 11) is -2.98. The van der Waals surface area contributed by atoms with Gasteiger partial charge in [0.25, 0.3) is 5.91 Å². The number of carbonyl (C=O) groups excluding carboxylic acids is 1. The Morgan fingerprint density at radius 2 is 2.05 bits per heavy atom. The van der Waals surface area contributed by atoms with E-state index in [1.807, 2.05) is 25.1 Å². The molecule has 1 aromatic rings. The normalized spacial score (nSPS) is 22.0. The molecule has 1 fully saturated rings. The molecule has 0 aromatic heterocycles. The largest absolute Gasteiger partial charge is 0.335 e. The zero-order chi connectivity index (χ0) is 15.0. The fraction of sp³-hybridized carbons (Fsp3) is 0.533. The van der Waals surface area contributed by atoms with Gasteiger partial charge in [-0.1, -0.05) is 6.07 Å². The Bertz CT molecular complexity index is 675. The minimum absolute atomic E-state index is 0. The van der Waals surface area contributed by atoms with E-state index in [0.29, 0.717) is 18.5 Å². The van der Waals surface area contributed by atoms with Gasteiger partial charge in [0.05, 0.1) is 11.5 Å². The number of carbonyl (C=O) groups is 1. The summed E-state index contributed by atoms with van der Waals surface area (Å²) in [5.74, 6) is 0.226. The van der Waals surface area contributed by atoms with Gasteiger partial charge >= 0.3 is 0 Å². The van der Waals surface area contributed by atoms with E-state index in [2.05, 4.69) is 5.32 Å². The van der Waals surface area contributed by atoms with Crippen molar-refractivity contribution in [2.24, 2.45) is 0 Å². The molecule has 5 nitrogen and oxygen atoms in total. The van der Waals surface area contributed by atoms with E-state index in [9.17, 15) is 13.2 Å². The molecule has 0 saturated carbocycles. The Kier molecular flexibility index (Phi) is 5.14. The number of hydrogen-bond acceptors (Lipinski definition) is 4. The lowest BCUT2D eigenvalue weighted by atomic mass is 10.0. The van der Waals surface area contributed by atoms with Gasteiger partial charge in [-0.2, -0.15) is 0 Å². The summed E-state index contributed by atoms with van der Waals surface area (Å²) in [6.45, 7) is 4.08. The first kappa shape index (κ1) is 17.2.